The maximum absolute atomic E-state index is 5.83. The Hall–Kier alpha value is -2.60. The molecule has 6 heteroatoms. The fraction of sp³-hybridized carbons (Fsp3) is 0.143. The minimum Gasteiger partial charge on any atom is -0.338 e. The number of nitrogens with zero attached hydrogens (tertiary/aromatic N) is 4. The lowest BCUT2D eigenvalue weighted by Crippen LogP contribution is -2.14. The molecular formula is C14H13N5O. The average Bonchev–Trinajstić information content (AvgIpc) is 3.00. The van der Waals surface area contributed by atoms with E-state index in [4.69, 9.17) is 10.3 Å². The molecule has 2 heterocycles. The van der Waals surface area contributed by atoms with Crippen molar-refractivity contribution in [1.82, 2.24) is 20.1 Å². The molecule has 0 aliphatic carbocycles. The molecule has 2 aromatic heterocycles. The maximum atomic E-state index is 5.83. The van der Waals surface area contributed by atoms with Crippen LogP contribution in [0.2, 0.25) is 0 Å². The van der Waals surface area contributed by atoms with Gasteiger partial charge >= 0.3 is 0 Å². The normalized spacial score (nSPS) is 12.2. The van der Waals surface area contributed by atoms with E-state index in [1.54, 1.807) is 12.3 Å². The summed E-state index contributed by atoms with van der Waals surface area (Å²) in [4.78, 5) is 12.3. The van der Waals surface area contributed by atoms with Gasteiger partial charge in [0.05, 0.1) is 5.92 Å². The summed E-state index contributed by atoms with van der Waals surface area (Å²) in [7, 11) is 0. The van der Waals surface area contributed by atoms with E-state index >= 15 is 0 Å². The molecule has 100 valence electrons. The van der Waals surface area contributed by atoms with Crippen LogP contribution in [0.15, 0.2) is 53.4 Å². The van der Waals surface area contributed by atoms with Crippen molar-refractivity contribution in [2.45, 2.75) is 5.92 Å². The molecule has 1 unspecified atom stereocenters. The van der Waals surface area contributed by atoms with Crippen molar-refractivity contribution in [3.8, 4) is 11.5 Å². The molecule has 0 aliphatic heterocycles. The molecule has 20 heavy (non-hydrogen) atoms. The summed E-state index contributed by atoms with van der Waals surface area (Å²) in [5.41, 5.74) is 7.50. The molecule has 1 atom stereocenters. The Bertz CT molecular complexity index is 668. The van der Waals surface area contributed by atoms with Gasteiger partial charge in [0, 0.05) is 12.7 Å². The minimum atomic E-state index is -0.112. The average molecular weight is 267 g/mol. The van der Waals surface area contributed by atoms with Crippen LogP contribution in [0.3, 0.4) is 0 Å². The zero-order valence-electron chi connectivity index (χ0n) is 10.7. The van der Waals surface area contributed by atoms with Crippen LogP contribution < -0.4 is 5.73 Å². The second-order valence-electron chi connectivity index (χ2n) is 4.25. The Morgan fingerprint density at radius 1 is 1.15 bits per heavy atom. The zero-order chi connectivity index (χ0) is 13.8. The third kappa shape index (κ3) is 2.41. The van der Waals surface area contributed by atoms with Crippen molar-refractivity contribution in [2.24, 2.45) is 5.73 Å². The molecule has 0 aliphatic rings. The SMILES string of the molecule is NCC(c1ccccc1)c1nc(-c2ccncn2)no1. The smallest absolute Gasteiger partial charge is 0.235 e. The maximum Gasteiger partial charge on any atom is 0.235 e. The summed E-state index contributed by atoms with van der Waals surface area (Å²) < 4.78 is 5.32. The van der Waals surface area contributed by atoms with Crippen molar-refractivity contribution in [3.05, 3.63) is 60.4 Å². The highest BCUT2D eigenvalue weighted by atomic mass is 16.5. The summed E-state index contributed by atoms with van der Waals surface area (Å²) in [6, 6.07) is 11.6. The van der Waals surface area contributed by atoms with Crippen LogP contribution in [0.1, 0.15) is 17.4 Å². The second kappa shape index (κ2) is 5.58. The van der Waals surface area contributed by atoms with Gasteiger partial charge in [0.1, 0.15) is 12.0 Å². The monoisotopic (exact) mass is 267 g/mol. The molecule has 0 spiro atoms. The van der Waals surface area contributed by atoms with Gasteiger partial charge in [-0.05, 0) is 11.6 Å². The van der Waals surface area contributed by atoms with Crippen LogP contribution in [0, 0.1) is 0 Å². The first-order valence-corrected chi connectivity index (χ1v) is 6.23. The molecular weight excluding hydrogens is 254 g/mol. The molecule has 1 aromatic carbocycles. The van der Waals surface area contributed by atoms with Gasteiger partial charge in [0.25, 0.3) is 0 Å². The molecule has 6 nitrogen and oxygen atoms in total. The van der Waals surface area contributed by atoms with Crippen LogP contribution in [0.4, 0.5) is 0 Å². The summed E-state index contributed by atoms with van der Waals surface area (Å²) in [6.07, 6.45) is 3.08. The Balaban J connectivity index is 1.93. The van der Waals surface area contributed by atoms with Gasteiger partial charge in [-0.15, -0.1) is 0 Å². The van der Waals surface area contributed by atoms with E-state index in [1.807, 2.05) is 30.3 Å². The van der Waals surface area contributed by atoms with E-state index in [1.165, 1.54) is 6.33 Å². The van der Waals surface area contributed by atoms with E-state index in [9.17, 15) is 0 Å². The molecule has 0 saturated carbocycles. The number of hydrogen-bond donors (Lipinski definition) is 1. The number of benzene rings is 1. The van der Waals surface area contributed by atoms with Crippen molar-refractivity contribution in [1.29, 1.82) is 0 Å². The van der Waals surface area contributed by atoms with Crippen LogP contribution in [0.5, 0.6) is 0 Å². The number of hydrogen-bond acceptors (Lipinski definition) is 6. The standard InChI is InChI=1S/C14H13N5O/c15-8-11(10-4-2-1-3-5-10)14-18-13(19-20-14)12-6-7-16-9-17-12/h1-7,9,11H,8,15H2. The highest BCUT2D eigenvalue weighted by molar-refractivity contribution is 5.46. The third-order valence-electron chi connectivity index (χ3n) is 2.99. The molecule has 0 radical (unpaired) electrons. The molecule has 3 rings (SSSR count). The van der Waals surface area contributed by atoms with Gasteiger partial charge in [-0.3, -0.25) is 0 Å². The quantitative estimate of drug-likeness (QED) is 0.772. The first kappa shape index (κ1) is 12.4. The first-order chi connectivity index (χ1) is 9.88. The van der Waals surface area contributed by atoms with E-state index in [0.717, 1.165) is 5.56 Å². The van der Waals surface area contributed by atoms with Gasteiger partial charge in [0.15, 0.2) is 0 Å². The largest absolute Gasteiger partial charge is 0.338 e. The lowest BCUT2D eigenvalue weighted by atomic mass is 9.99. The van der Waals surface area contributed by atoms with Crippen molar-refractivity contribution >= 4 is 0 Å². The topological polar surface area (TPSA) is 90.7 Å². The van der Waals surface area contributed by atoms with Crippen molar-refractivity contribution in [2.75, 3.05) is 6.54 Å². The second-order valence-corrected chi connectivity index (χ2v) is 4.25. The van der Waals surface area contributed by atoms with E-state index < -0.39 is 0 Å². The van der Waals surface area contributed by atoms with Crippen LogP contribution in [0.25, 0.3) is 11.5 Å². The molecule has 2 N–H and O–H groups in total. The van der Waals surface area contributed by atoms with E-state index in [2.05, 4.69) is 20.1 Å². The van der Waals surface area contributed by atoms with Gasteiger partial charge in [-0.2, -0.15) is 4.98 Å². The first-order valence-electron chi connectivity index (χ1n) is 6.23. The summed E-state index contributed by atoms with van der Waals surface area (Å²) in [5, 5.41) is 3.95. The Morgan fingerprint density at radius 3 is 2.70 bits per heavy atom. The van der Waals surface area contributed by atoms with Crippen molar-refractivity contribution in [3.63, 3.8) is 0 Å². The Labute approximate surface area is 115 Å². The zero-order valence-corrected chi connectivity index (χ0v) is 10.7. The van der Waals surface area contributed by atoms with Crippen molar-refractivity contribution < 1.29 is 4.52 Å². The fourth-order valence-corrected chi connectivity index (χ4v) is 1.97. The lowest BCUT2D eigenvalue weighted by Gasteiger charge is -2.09. The van der Waals surface area contributed by atoms with Gasteiger partial charge in [-0.25, -0.2) is 9.97 Å². The Kier molecular flexibility index (Phi) is 3.47. The van der Waals surface area contributed by atoms with Gasteiger partial charge in [-0.1, -0.05) is 35.5 Å². The van der Waals surface area contributed by atoms with Gasteiger partial charge in [0.2, 0.25) is 11.7 Å². The molecule has 0 amide bonds. The van der Waals surface area contributed by atoms with Gasteiger partial charge < -0.3 is 10.3 Å². The van der Waals surface area contributed by atoms with E-state index in [-0.39, 0.29) is 5.92 Å². The summed E-state index contributed by atoms with van der Waals surface area (Å²) in [5.74, 6) is 0.823. The predicted molar refractivity (Wildman–Crippen MR) is 72.7 cm³/mol. The summed E-state index contributed by atoms with van der Waals surface area (Å²) in [6.45, 7) is 0.398. The predicted octanol–water partition coefficient (Wildman–Crippen LogP) is 1.62. The van der Waals surface area contributed by atoms with Crippen LogP contribution >= 0.6 is 0 Å². The number of aromatic nitrogens is 4. The molecule has 0 fully saturated rings. The molecule has 0 saturated heterocycles. The minimum absolute atomic E-state index is 0.112. The Morgan fingerprint density at radius 2 is 2.00 bits per heavy atom. The highest BCUT2D eigenvalue weighted by Crippen LogP contribution is 2.23. The van der Waals surface area contributed by atoms with Crippen LogP contribution in [-0.4, -0.2) is 26.7 Å². The molecule has 0 bridgehead atoms. The van der Waals surface area contributed by atoms with E-state index in [0.29, 0.717) is 24.0 Å². The fourth-order valence-electron chi connectivity index (χ4n) is 1.97. The number of rotatable bonds is 4. The highest BCUT2D eigenvalue weighted by Gasteiger charge is 2.20. The molecule has 3 aromatic rings. The lowest BCUT2D eigenvalue weighted by molar-refractivity contribution is 0.367. The number of nitrogens with two attached hydrogens (primary N) is 1. The van der Waals surface area contributed by atoms with Crippen LogP contribution in [-0.2, 0) is 0 Å². The summed E-state index contributed by atoms with van der Waals surface area (Å²) >= 11 is 0. The third-order valence-corrected chi connectivity index (χ3v) is 2.99.